The van der Waals surface area contributed by atoms with E-state index in [1.807, 2.05) is 0 Å². The predicted octanol–water partition coefficient (Wildman–Crippen LogP) is -1.13. The molecule has 2 fully saturated rings. The highest BCUT2D eigenvalue weighted by Crippen LogP contribution is 2.10. The highest BCUT2D eigenvalue weighted by molar-refractivity contribution is 6.29. The van der Waals surface area contributed by atoms with Gasteiger partial charge < -0.3 is 18.9 Å². The second kappa shape index (κ2) is 3.93. The number of hydrogen-bond donors (Lipinski definition) is 0. The second-order valence-electron chi connectivity index (χ2n) is 3.11. The molecular formula is C8H10O6. The van der Waals surface area contributed by atoms with Crippen molar-refractivity contribution in [1.82, 2.24) is 0 Å². The van der Waals surface area contributed by atoms with Crippen LogP contribution < -0.4 is 0 Å². The number of hydrogen-bond acceptors (Lipinski definition) is 6. The Labute approximate surface area is 80.1 Å². The maximum atomic E-state index is 10.9. The van der Waals surface area contributed by atoms with E-state index >= 15 is 0 Å². The molecule has 0 aliphatic carbocycles. The third-order valence-corrected chi connectivity index (χ3v) is 1.77. The Morgan fingerprint density at radius 2 is 1.36 bits per heavy atom. The molecule has 0 aromatic carbocycles. The zero-order valence-electron chi connectivity index (χ0n) is 7.43. The van der Waals surface area contributed by atoms with E-state index in [9.17, 15) is 9.59 Å². The molecule has 0 spiro atoms. The van der Waals surface area contributed by atoms with Crippen molar-refractivity contribution < 1.29 is 28.5 Å². The van der Waals surface area contributed by atoms with Crippen molar-refractivity contribution in [3.63, 3.8) is 0 Å². The highest BCUT2D eigenvalue weighted by atomic mass is 16.6. The molecule has 0 bridgehead atoms. The van der Waals surface area contributed by atoms with Crippen molar-refractivity contribution in [2.24, 2.45) is 0 Å². The molecule has 6 nitrogen and oxygen atoms in total. The van der Waals surface area contributed by atoms with Crippen molar-refractivity contribution in [3.8, 4) is 0 Å². The molecule has 2 heterocycles. The minimum Gasteiger partial charge on any atom is -0.454 e. The number of carbonyl (C=O) groups excluding carboxylic acids is 2. The molecule has 0 saturated carbocycles. The average molecular weight is 202 g/mol. The maximum absolute atomic E-state index is 10.9. The minimum atomic E-state index is -0.971. The third kappa shape index (κ3) is 2.97. The van der Waals surface area contributed by atoms with Crippen LogP contribution in [-0.4, -0.2) is 50.6 Å². The van der Waals surface area contributed by atoms with Crippen LogP contribution in [-0.2, 0) is 28.5 Å². The lowest BCUT2D eigenvalue weighted by Gasteiger charge is -2.02. The normalized spacial score (nSPS) is 28.0. The summed E-state index contributed by atoms with van der Waals surface area (Å²) in [5.74, 6) is -1.94. The summed E-state index contributed by atoms with van der Waals surface area (Å²) in [4.78, 5) is 21.8. The Morgan fingerprint density at radius 1 is 1.00 bits per heavy atom. The average Bonchev–Trinajstić information content (AvgIpc) is 3.02. The second-order valence-corrected chi connectivity index (χ2v) is 3.11. The number of ether oxygens (including phenoxy) is 4. The van der Waals surface area contributed by atoms with Crippen LogP contribution in [0.3, 0.4) is 0 Å². The summed E-state index contributed by atoms with van der Waals surface area (Å²) in [7, 11) is 0. The number of epoxide rings is 2. The quantitative estimate of drug-likeness (QED) is 0.326. The maximum Gasteiger partial charge on any atom is 0.417 e. The summed E-state index contributed by atoms with van der Waals surface area (Å²) in [6.07, 6.45) is -0.0861. The molecule has 2 aliphatic heterocycles. The summed E-state index contributed by atoms with van der Waals surface area (Å²) < 4.78 is 18.8. The largest absolute Gasteiger partial charge is 0.454 e. The van der Waals surface area contributed by atoms with E-state index in [1.54, 1.807) is 0 Å². The fourth-order valence-corrected chi connectivity index (χ4v) is 0.784. The fraction of sp³-hybridized carbons (Fsp3) is 0.750. The van der Waals surface area contributed by atoms with Gasteiger partial charge in [-0.2, -0.15) is 0 Å². The van der Waals surface area contributed by atoms with Gasteiger partial charge in [-0.1, -0.05) is 0 Å². The summed E-state index contributed by atoms with van der Waals surface area (Å²) in [6, 6.07) is 0. The molecule has 0 aromatic rings. The van der Waals surface area contributed by atoms with Gasteiger partial charge in [-0.15, -0.1) is 0 Å². The van der Waals surface area contributed by atoms with Crippen LogP contribution in [0.2, 0.25) is 0 Å². The van der Waals surface area contributed by atoms with Crippen molar-refractivity contribution in [2.45, 2.75) is 12.2 Å². The first kappa shape index (κ1) is 9.42. The first-order valence-corrected chi connectivity index (χ1v) is 4.33. The van der Waals surface area contributed by atoms with Crippen LogP contribution in [0.25, 0.3) is 0 Å². The first-order chi connectivity index (χ1) is 6.75. The van der Waals surface area contributed by atoms with Crippen LogP contribution in [0.4, 0.5) is 0 Å². The van der Waals surface area contributed by atoms with Gasteiger partial charge in [0.2, 0.25) is 0 Å². The van der Waals surface area contributed by atoms with Gasteiger partial charge in [0.25, 0.3) is 0 Å². The molecular weight excluding hydrogens is 192 g/mol. The first-order valence-electron chi connectivity index (χ1n) is 4.33. The van der Waals surface area contributed by atoms with Crippen molar-refractivity contribution in [3.05, 3.63) is 0 Å². The van der Waals surface area contributed by atoms with Gasteiger partial charge in [0.1, 0.15) is 25.4 Å². The Bertz CT molecular complexity index is 216. The number of rotatable bonds is 4. The van der Waals surface area contributed by atoms with E-state index in [0.717, 1.165) is 0 Å². The van der Waals surface area contributed by atoms with Crippen LogP contribution in [0, 0.1) is 0 Å². The molecule has 2 aliphatic rings. The summed E-state index contributed by atoms with van der Waals surface area (Å²) in [5, 5.41) is 0. The van der Waals surface area contributed by atoms with Crippen molar-refractivity contribution >= 4 is 11.9 Å². The van der Waals surface area contributed by atoms with Gasteiger partial charge in [-0.05, 0) is 0 Å². The smallest absolute Gasteiger partial charge is 0.417 e. The van der Waals surface area contributed by atoms with Gasteiger partial charge in [0.05, 0.1) is 13.2 Å². The van der Waals surface area contributed by atoms with E-state index in [1.165, 1.54) is 0 Å². The Hall–Kier alpha value is -1.14. The Kier molecular flexibility index (Phi) is 2.64. The summed E-state index contributed by atoms with van der Waals surface area (Å²) in [5.41, 5.74) is 0. The molecule has 0 radical (unpaired) electrons. The molecule has 0 aromatic heterocycles. The molecule has 2 atom stereocenters. The SMILES string of the molecule is O=C(OC[C@@H]1CO1)C(=O)OC[C@H]1CO1. The van der Waals surface area contributed by atoms with Gasteiger partial charge in [-0.25, -0.2) is 9.59 Å². The van der Waals surface area contributed by atoms with Gasteiger partial charge in [0, 0.05) is 0 Å². The summed E-state index contributed by atoms with van der Waals surface area (Å²) in [6.45, 7) is 1.40. The highest BCUT2D eigenvalue weighted by Gasteiger charge is 2.29. The van der Waals surface area contributed by atoms with E-state index in [2.05, 4.69) is 9.47 Å². The zero-order chi connectivity index (χ0) is 9.97. The molecule has 2 saturated heterocycles. The van der Waals surface area contributed by atoms with Gasteiger partial charge in [-0.3, -0.25) is 0 Å². The van der Waals surface area contributed by atoms with Crippen molar-refractivity contribution in [2.75, 3.05) is 26.4 Å². The number of carbonyl (C=O) groups is 2. The molecule has 6 heteroatoms. The van der Waals surface area contributed by atoms with Crippen molar-refractivity contribution in [1.29, 1.82) is 0 Å². The lowest BCUT2D eigenvalue weighted by molar-refractivity contribution is -0.168. The van der Waals surface area contributed by atoms with Gasteiger partial charge in [0.15, 0.2) is 0 Å². The van der Waals surface area contributed by atoms with Crippen LogP contribution in [0.1, 0.15) is 0 Å². The summed E-state index contributed by atoms with van der Waals surface area (Å²) >= 11 is 0. The predicted molar refractivity (Wildman–Crippen MR) is 41.4 cm³/mol. The van der Waals surface area contributed by atoms with Crippen LogP contribution in [0.5, 0.6) is 0 Å². The zero-order valence-corrected chi connectivity index (χ0v) is 7.43. The molecule has 78 valence electrons. The molecule has 0 N–H and O–H groups in total. The van der Waals surface area contributed by atoms with Gasteiger partial charge >= 0.3 is 11.9 Å². The molecule has 2 rings (SSSR count). The Morgan fingerprint density at radius 3 is 1.64 bits per heavy atom. The fourth-order valence-electron chi connectivity index (χ4n) is 0.784. The molecule has 0 unspecified atom stereocenters. The lowest BCUT2D eigenvalue weighted by atomic mass is 10.5. The van der Waals surface area contributed by atoms with E-state index in [-0.39, 0.29) is 25.4 Å². The van der Waals surface area contributed by atoms with E-state index < -0.39 is 11.9 Å². The standard InChI is InChI=1S/C8H10O6/c9-7(13-3-5-1-11-5)8(10)14-4-6-2-12-6/h5-6H,1-4H2/t5-,6+. The topological polar surface area (TPSA) is 77.7 Å². The number of esters is 2. The monoisotopic (exact) mass is 202 g/mol. The Balaban J connectivity index is 1.58. The third-order valence-electron chi connectivity index (χ3n) is 1.77. The minimum absolute atomic E-state index is 0.0430. The van der Waals surface area contributed by atoms with E-state index in [0.29, 0.717) is 13.2 Å². The van der Waals surface area contributed by atoms with Crippen LogP contribution >= 0.6 is 0 Å². The van der Waals surface area contributed by atoms with Crippen LogP contribution in [0.15, 0.2) is 0 Å². The van der Waals surface area contributed by atoms with E-state index in [4.69, 9.17) is 9.47 Å². The lowest BCUT2D eigenvalue weighted by Crippen LogP contribution is -2.23. The molecule has 0 amide bonds. The molecule has 14 heavy (non-hydrogen) atoms.